The second-order valence-corrected chi connectivity index (χ2v) is 5.91. The molecule has 0 aromatic heterocycles. The number of nitrogens with two attached hydrogens (primary N) is 1. The molecule has 126 valence electrons. The topological polar surface area (TPSA) is 52.3 Å². The van der Waals surface area contributed by atoms with Crippen molar-refractivity contribution in [3.05, 3.63) is 59.2 Å². The molecular formula is C17H14F3NO2S. The number of hydrogen-bond donors (Lipinski definition) is 1. The van der Waals surface area contributed by atoms with Gasteiger partial charge in [0, 0.05) is 16.0 Å². The van der Waals surface area contributed by atoms with Gasteiger partial charge in [-0.2, -0.15) is 13.2 Å². The molecule has 0 aliphatic heterocycles. The number of rotatable bonds is 5. The van der Waals surface area contributed by atoms with E-state index in [1.165, 1.54) is 19.2 Å². The number of halogens is 3. The third-order valence-corrected chi connectivity index (χ3v) is 3.82. The van der Waals surface area contributed by atoms with Gasteiger partial charge in [-0.3, -0.25) is 4.79 Å². The van der Waals surface area contributed by atoms with Gasteiger partial charge in [-0.05, 0) is 47.7 Å². The van der Waals surface area contributed by atoms with Gasteiger partial charge in [-0.1, -0.05) is 24.3 Å². The average molecular weight is 353 g/mol. The Hall–Kier alpha value is -2.41. The van der Waals surface area contributed by atoms with Crippen molar-refractivity contribution in [2.24, 2.45) is 5.73 Å². The Morgan fingerprint density at radius 2 is 1.79 bits per heavy atom. The van der Waals surface area contributed by atoms with Gasteiger partial charge in [-0.25, -0.2) is 0 Å². The lowest BCUT2D eigenvalue weighted by Gasteiger charge is -2.07. The molecule has 24 heavy (non-hydrogen) atoms. The summed E-state index contributed by atoms with van der Waals surface area (Å²) in [6, 6.07) is 10.7. The van der Waals surface area contributed by atoms with Gasteiger partial charge in [0.2, 0.25) is 5.91 Å². The Kier molecular flexibility index (Phi) is 5.56. The molecule has 3 nitrogen and oxygen atoms in total. The average Bonchev–Trinajstić information content (AvgIpc) is 2.52. The third kappa shape index (κ3) is 5.06. The second-order valence-electron chi connectivity index (χ2n) is 4.77. The number of benzene rings is 2. The van der Waals surface area contributed by atoms with Gasteiger partial charge >= 0.3 is 5.51 Å². The molecule has 2 rings (SSSR count). The van der Waals surface area contributed by atoms with Crippen molar-refractivity contribution in [1.29, 1.82) is 0 Å². The predicted molar refractivity (Wildman–Crippen MR) is 88.8 cm³/mol. The zero-order valence-corrected chi connectivity index (χ0v) is 13.4. The molecule has 0 radical (unpaired) electrons. The van der Waals surface area contributed by atoms with E-state index in [4.69, 9.17) is 10.5 Å². The number of hydrogen-bond acceptors (Lipinski definition) is 3. The lowest BCUT2D eigenvalue weighted by atomic mass is 10.1. The van der Waals surface area contributed by atoms with Gasteiger partial charge in [0.25, 0.3) is 0 Å². The van der Waals surface area contributed by atoms with E-state index in [0.717, 1.165) is 0 Å². The number of amides is 1. The number of methoxy groups -OCH3 is 1. The van der Waals surface area contributed by atoms with Crippen LogP contribution in [-0.2, 0) is 0 Å². The van der Waals surface area contributed by atoms with Crippen LogP contribution in [-0.4, -0.2) is 18.5 Å². The van der Waals surface area contributed by atoms with Crippen LogP contribution in [0.3, 0.4) is 0 Å². The van der Waals surface area contributed by atoms with Crippen LogP contribution in [0.15, 0.2) is 47.4 Å². The molecular weight excluding hydrogens is 339 g/mol. The fraction of sp³-hybridized carbons (Fsp3) is 0.118. The van der Waals surface area contributed by atoms with Crippen molar-refractivity contribution in [3.63, 3.8) is 0 Å². The van der Waals surface area contributed by atoms with Crippen LogP contribution in [0.4, 0.5) is 13.2 Å². The SMILES string of the molecule is COc1ccc(C(N)=O)cc1/C=C/c1ccc(SC(F)(F)F)cc1. The van der Waals surface area contributed by atoms with Crippen LogP contribution in [0.25, 0.3) is 12.2 Å². The standard InChI is InChI=1S/C17H14F3NO2S/c1-23-15-9-6-13(16(21)22)10-12(15)5-2-11-3-7-14(8-4-11)24-17(18,19)20/h2-10H,1H3,(H2,21,22)/b5-2+. The Bertz CT molecular complexity index is 755. The first kappa shape index (κ1) is 17.9. The van der Waals surface area contributed by atoms with Gasteiger partial charge in [0.05, 0.1) is 7.11 Å². The van der Waals surface area contributed by atoms with Crippen molar-refractivity contribution in [2.75, 3.05) is 7.11 Å². The van der Waals surface area contributed by atoms with Crippen LogP contribution in [0, 0.1) is 0 Å². The molecule has 0 saturated carbocycles. The maximum atomic E-state index is 12.3. The zero-order valence-electron chi connectivity index (χ0n) is 12.6. The molecule has 2 aromatic carbocycles. The van der Waals surface area contributed by atoms with Crippen molar-refractivity contribution < 1.29 is 22.7 Å². The molecule has 0 fully saturated rings. The normalized spacial score (nSPS) is 11.7. The Labute approximate surface area is 141 Å². The van der Waals surface area contributed by atoms with E-state index >= 15 is 0 Å². The lowest BCUT2D eigenvalue weighted by Crippen LogP contribution is -2.10. The van der Waals surface area contributed by atoms with Crippen LogP contribution < -0.4 is 10.5 Å². The third-order valence-electron chi connectivity index (χ3n) is 3.08. The smallest absolute Gasteiger partial charge is 0.446 e. The number of alkyl halides is 3. The highest BCUT2D eigenvalue weighted by Gasteiger charge is 2.28. The van der Waals surface area contributed by atoms with Gasteiger partial charge < -0.3 is 10.5 Å². The molecule has 0 atom stereocenters. The Morgan fingerprint density at radius 1 is 1.12 bits per heavy atom. The zero-order chi connectivity index (χ0) is 17.7. The van der Waals surface area contributed by atoms with E-state index < -0.39 is 11.4 Å². The monoisotopic (exact) mass is 353 g/mol. The summed E-state index contributed by atoms with van der Waals surface area (Å²) in [6.07, 6.45) is 3.42. The molecule has 7 heteroatoms. The molecule has 2 aromatic rings. The van der Waals surface area contributed by atoms with Gasteiger partial charge in [0.15, 0.2) is 0 Å². The largest absolute Gasteiger partial charge is 0.496 e. The van der Waals surface area contributed by atoms with E-state index in [0.29, 0.717) is 22.4 Å². The number of ether oxygens (including phenoxy) is 1. The maximum Gasteiger partial charge on any atom is 0.446 e. The Balaban J connectivity index is 2.21. The number of carbonyl (C=O) groups is 1. The summed E-state index contributed by atoms with van der Waals surface area (Å²) < 4.78 is 42.1. The summed E-state index contributed by atoms with van der Waals surface area (Å²) in [6.45, 7) is 0. The van der Waals surface area contributed by atoms with Crippen LogP contribution in [0.5, 0.6) is 5.75 Å². The molecule has 0 unspecified atom stereocenters. The lowest BCUT2D eigenvalue weighted by molar-refractivity contribution is -0.0328. The number of thioether (sulfide) groups is 1. The molecule has 0 aliphatic rings. The summed E-state index contributed by atoms with van der Waals surface area (Å²) >= 11 is -0.160. The van der Waals surface area contributed by atoms with Crippen molar-refractivity contribution >= 4 is 29.8 Å². The van der Waals surface area contributed by atoms with Gasteiger partial charge in [0.1, 0.15) is 5.75 Å². The first-order valence-electron chi connectivity index (χ1n) is 6.80. The quantitative estimate of drug-likeness (QED) is 0.632. The highest BCUT2D eigenvalue weighted by atomic mass is 32.2. The van der Waals surface area contributed by atoms with Crippen molar-refractivity contribution in [3.8, 4) is 5.75 Å². The maximum absolute atomic E-state index is 12.3. The summed E-state index contributed by atoms with van der Waals surface area (Å²) in [4.78, 5) is 11.4. The molecule has 1 amide bonds. The van der Waals surface area contributed by atoms with E-state index in [2.05, 4.69) is 0 Å². The predicted octanol–water partition coefficient (Wildman–Crippen LogP) is 4.58. The molecule has 0 saturated heterocycles. The van der Waals surface area contributed by atoms with E-state index in [1.807, 2.05) is 0 Å². The van der Waals surface area contributed by atoms with Crippen molar-refractivity contribution in [2.45, 2.75) is 10.4 Å². The number of carbonyl (C=O) groups excluding carboxylic acids is 1. The molecule has 0 heterocycles. The highest BCUT2D eigenvalue weighted by Crippen LogP contribution is 2.36. The molecule has 0 spiro atoms. The van der Waals surface area contributed by atoms with Gasteiger partial charge in [-0.15, -0.1) is 0 Å². The van der Waals surface area contributed by atoms with E-state index in [-0.39, 0.29) is 16.7 Å². The molecule has 0 bridgehead atoms. The summed E-state index contributed by atoms with van der Waals surface area (Å²) in [7, 11) is 1.50. The minimum absolute atomic E-state index is 0.118. The number of primary amides is 1. The van der Waals surface area contributed by atoms with Crippen molar-refractivity contribution in [1.82, 2.24) is 0 Å². The second kappa shape index (κ2) is 7.44. The minimum Gasteiger partial charge on any atom is -0.496 e. The minimum atomic E-state index is -4.31. The van der Waals surface area contributed by atoms with E-state index in [1.54, 1.807) is 42.5 Å². The summed E-state index contributed by atoms with van der Waals surface area (Å²) in [5.41, 5.74) is 2.64. The highest BCUT2D eigenvalue weighted by molar-refractivity contribution is 8.00. The fourth-order valence-corrected chi connectivity index (χ4v) is 2.52. The molecule has 2 N–H and O–H groups in total. The summed E-state index contributed by atoms with van der Waals surface area (Å²) in [5.74, 6) is 0.00123. The van der Waals surface area contributed by atoms with E-state index in [9.17, 15) is 18.0 Å². The molecule has 0 aliphatic carbocycles. The Morgan fingerprint density at radius 3 is 2.33 bits per heavy atom. The first-order chi connectivity index (χ1) is 11.3. The van der Waals surface area contributed by atoms with Crippen LogP contribution >= 0.6 is 11.8 Å². The first-order valence-corrected chi connectivity index (χ1v) is 7.62. The fourth-order valence-electron chi connectivity index (χ4n) is 1.98. The van der Waals surface area contributed by atoms with Crippen LogP contribution in [0.2, 0.25) is 0 Å². The summed E-state index contributed by atoms with van der Waals surface area (Å²) in [5, 5.41) is 0. The van der Waals surface area contributed by atoms with Crippen LogP contribution in [0.1, 0.15) is 21.5 Å².